The van der Waals surface area contributed by atoms with E-state index < -0.39 is 6.10 Å². The second kappa shape index (κ2) is 10.00. The molecule has 148 valence electrons. The molecule has 6 nitrogen and oxygen atoms in total. The molecule has 0 bridgehead atoms. The van der Waals surface area contributed by atoms with Gasteiger partial charge in [-0.25, -0.2) is 0 Å². The third-order valence-electron chi connectivity index (χ3n) is 4.37. The summed E-state index contributed by atoms with van der Waals surface area (Å²) in [5, 5.41) is 10.3. The Hall–Kier alpha value is -2.72. The van der Waals surface area contributed by atoms with Crippen LogP contribution in [0.25, 0.3) is 0 Å². The Balaban J connectivity index is 1.68. The molecular formula is C22H25NO5. The Bertz CT molecular complexity index is 800. The summed E-state index contributed by atoms with van der Waals surface area (Å²) < 4.78 is 21.3. The molecule has 1 heterocycles. The first-order valence-electron chi connectivity index (χ1n) is 9.11. The number of aliphatic hydroxyl groups excluding tert-OH is 1. The Morgan fingerprint density at radius 2 is 1.82 bits per heavy atom. The maximum Gasteiger partial charge on any atom is 0.231 e. The van der Waals surface area contributed by atoms with E-state index in [9.17, 15) is 5.11 Å². The van der Waals surface area contributed by atoms with Gasteiger partial charge in [-0.3, -0.25) is 4.90 Å². The molecule has 0 spiro atoms. The first-order chi connectivity index (χ1) is 13.7. The summed E-state index contributed by atoms with van der Waals surface area (Å²) in [6.45, 7) is 2.41. The highest BCUT2D eigenvalue weighted by atomic mass is 16.7. The van der Waals surface area contributed by atoms with Gasteiger partial charge in [0, 0.05) is 19.6 Å². The zero-order valence-corrected chi connectivity index (χ0v) is 16.0. The van der Waals surface area contributed by atoms with E-state index in [0.29, 0.717) is 19.6 Å². The van der Waals surface area contributed by atoms with Gasteiger partial charge in [0.15, 0.2) is 11.5 Å². The number of ether oxygens (including phenoxy) is 4. The van der Waals surface area contributed by atoms with Crippen LogP contribution in [0.1, 0.15) is 11.1 Å². The van der Waals surface area contributed by atoms with Gasteiger partial charge in [0.2, 0.25) is 6.79 Å². The molecule has 0 aromatic heterocycles. The molecule has 2 aromatic carbocycles. The van der Waals surface area contributed by atoms with Crippen LogP contribution in [0.5, 0.6) is 17.2 Å². The van der Waals surface area contributed by atoms with Gasteiger partial charge >= 0.3 is 0 Å². The predicted octanol–water partition coefficient (Wildman–Crippen LogP) is 2.44. The smallest absolute Gasteiger partial charge is 0.231 e. The number of hydrogen-bond donors (Lipinski definition) is 1. The minimum atomic E-state index is -0.638. The Morgan fingerprint density at radius 1 is 1.11 bits per heavy atom. The monoisotopic (exact) mass is 383 g/mol. The maximum absolute atomic E-state index is 10.3. The lowest BCUT2D eigenvalue weighted by Gasteiger charge is -2.25. The van der Waals surface area contributed by atoms with Crippen molar-refractivity contribution in [2.45, 2.75) is 19.2 Å². The second-order valence-corrected chi connectivity index (χ2v) is 6.58. The molecule has 1 aliphatic heterocycles. The summed E-state index contributed by atoms with van der Waals surface area (Å²) in [6.07, 6.45) is 4.55. The van der Waals surface area contributed by atoms with Gasteiger partial charge in [0.25, 0.3) is 0 Å². The normalized spacial score (nSPS) is 13.4. The fraction of sp³-hybridized carbons (Fsp3) is 0.364. The van der Waals surface area contributed by atoms with Gasteiger partial charge < -0.3 is 24.1 Å². The van der Waals surface area contributed by atoms with Crippen molar-refractivity contribution in [3.8, 4) is 29.6 Å². The Labute approximate surface area is 165 Å². The van der Waals surface area contributed by atoms with E-state index in [2.05, 4.69) is 10.8 Å². The van der Waals surface area contributed by atoms with Crippen LogP contribution in [-0.4, -0.2) is 49.8 Å². The van der Waals surface area contributed by atoms with Gasteiger partial charge in [0.1, 0.15) is 12.4 Å². The summed E-state index contributed by atoms with van der Waals surface area (Å²) in [6, 6.07) is 13.8. The van der Waals surface area contributed by atoms with E-state index in [1.165, 1.54) is 0 Å². The summed E-state index contributed by atoms with van der Waals surface area (Å²) in [5.41, 5.74) is 2.20. The number of aliphatic hydroxyl groups is 1. The number of methoxy groups -OCH3 is 1. The molecule has 6 heteroatoms. The number of terminal acetylenes is 1. The van der Waals surface area contributed by atoms with Crippen LogP contribution in [0.2, 0.25) is 0 Å². The second-order valence-electron chi connectivity index (χ2n) is 6.58. The first-order valence-corrected chi connectivity index (χ1v) is 9.11. The third kappa shape index (κ3) is 5.64. The topological polar surface area (TPSA) is 60.4 Å². The van der Waals surface area contributed by atoms with E-state index in [1.54, 1.807) is 7.11 Å². The van der Waals surface area contributed by atoms with Gasteiger partial charge in [-0.2, -0.15) is 0 Å². The van der Waals surface area contributed by atoms with E-state index in [-0.39, 0.29) is 20.0 Å². The number of benzene rings is 2. The van der Waals surface area contributed by atoms with Gasteiger partial charge in [-0.15, -0.1) is 6.42 Å². The summed E-state index contributed by atoms with van der Waals surface area (Å²) >= 11 is 0. The maximum atomic E-state index is 10.3. The molecule has 0 fully saturated rings. The zero-order chi connectivity index (χ0) is 19.8. The molecule has 1 aliphatic rings. The molecule has 28 heavy (non-hydrogen) atoms. The summed E-state index contributed by atoms with van der Waals surface area (Å²) in [4.78, 5) is 2.16. The van der Waals surface area contributed by atoms with Crippen molar-refractivity contribution in [2.24, 2.45) is 0 Å². The lowest BCUT2D eigenvalue weighted by atomic mass is 10.1. The molecule has 0 amide bonds. The molecular weight excluding hydrogens is 358 g/mol. The van der Waals surface area contributed by atoms with Crippen LogP contribution in [0.4, 0.5) is 0 Å². The van der Waals surface area contributed by atoms with Crippen molar-refractivity contribution in [3.63, 3.8) is 0 Å². The van der Waals surface area contributed by atoms with E-state index >= 15 is 0 Å². The van der Waals surface area contributed by atoms with Crippen molar-refractivity contribution in [1.29, 1.82) is 0 Å². The van der Waals surface area contributed by atoms with Crippen LogP contribution >= 0.6 is 0 Å². The van der Waals surface area contributed by atoms with Crippen LogP contribution in [-0.2, 0) is 17.8 Å². The SMILES string of the molecule is C#CCOC[C@@H](O)CN(Cc1ccc(OC)cc1)Cc1ccc2c(c1)OCO2. The molecule has 0 radical (unpaired) electrons. The Morgan fingerprint density at radius 3 is 2.57 bits per heavy atom. The molecule has 1 atom stereocenters. The fourth-order valence-electron chi connectivity index (χ4n) is 3.08. The predicted molar refractivity (Wildman–Crippen MR) is 105 cm³/mol. The standard InChI is InChI=1S/C22H25NO5/c1-3-10-26-15-19(24)14-23(12-17-4-7-20(25-2)8-5-17)13-18-6-9-21-22(11-18)28-16-27-21/h1,4-9,11,19,24H,10,12-16H2,2H3/t19-/m0/s1. The number of fused-ring (bicyclic) bond motifs is 1. The van der Waals surface area contributed by atoms with Crippen molar-refractivity contribution < 1.29 is 24.1 Å². The molecule has 0 aliphatic carbocycles. The van der Waals surface area contributed by atoms with Gasteiger partial charge in [0.05, 0.1) is 19.8 Å². The number of rotatable bonds is 10. The molecule has 0 unspecified atom stereocenters. The van der Waals surface area contributed by atoms with Crippen molar-refractivity contribution in [1.82, 2.24) is 4.90 Å². The van der Waals surface area contributed by atoms with Crippen molar-refractivity contribution in [3.05, 3.63) is 53.6 Å². The average molecular weight is 383 g/mol. The minimum Gasteiger partial charge on any atom is -0.497 e. The number of nitrogens with zero attached hydrogens (tertiary/aromatic N) is 1. The molecule has 0 saturated carbocycles. The lowest BCUT2D eigenvalue weighted by molar-refractivity contribution is 0.0243. The summed E-state index contributed by atoms with van der Waals surface area (Å²) in [7, 11) is 1.65. The van der Waals surface area contributed by atoms with E-state index in [1.807, 2.05) is 42.5 Å². The molecule has 0 saturated heterocycles. The highest BCUT2D eigenvalue weighted by molar-refractivity contribution is 5.44. The highest BCUT2D eigenvalue weighted by Gasteiger charge is 2.17. The van der Waals surface area contributed by atoms with E-state index in [0.717, 1.165) is 28.4 Å². The van der Waals surface area contributed by atoms with Crippen LogP contribution in [0.15, 0.2) is 42.5 Å². The minimum absolute atomic E-state index is 0.192. The largest absolute Gasteiger partial charge is 0.497 e. The molecule has 1 N–H and O–H groups in total. The highest BCUT2D eigenvalue weighted by Crippen LogP contribution is 2.33. The quantitative estimate of drug-likeness (QED) is 0.502. The number of hydrogen-bond acceptors (Lipinski definition) is 6. The summed E-state index contributed by atoms with van der Waals surface area (Å²) in [5.74, 6) is 4.73. The van der Waals surface area contributed by atoms with E-state index in [4.69, 9.17) is 25.4 Å². The third-order valence-corrected chi connectivity index (χ3v) is 4.37. The van der Waals surface area contributed by atoms with Crippen molar-refractivity contribution >= 4 is 0 Å². The lowest BCUT2D eigenvalue weighted by Crippen LogP contribution is -2.34. The average Bonchev–Trinajstić information content (AvgIpc) is 3.16. The van der Waals surface area contributed by atoms with Gasteiger partial charge in [-0.1, -0.05) is 24.1 Å². The zero-order valence-electron chi connectivity index (χ0n) is 16.0. The van der Waals surface area contributed by atoms with Crippen LogP contribution in [0.3, 0.4) is 0 Å². The van der Waals surface area contributed by atoms with Crippen LogP contribution < -0.4 is 14.2 Å². The molecule has 2 aromatic rings. The first kappa shape index (κ1) is 20.0. The fourth-order valence-corrected chi connectivity index (χ4v) is 3.08. The van der Waals surface area contributed by atoms with Crippen LogP contribution in [0, 0.1) is 12.3 Å². The van der Waals surface area contributed by atoms with Gasteiger partial charge in [-0.05, 0) is 35.4 Å². The molecule has 3 rings (SSSR count). The van der Waals surface area contributed by atoms with Crippen molar-refractivity contribution in [2.75, 3.05) is 33.7 Å². The Kier molecular flexibility index (Phi) is 7.15.